The van der Waals surface area contributed by atoms with Crippen molar-refractivity contribution in [2.75, 3.05) is 18.0 Å². The maximum absolute atomic E-state index is 12.8. The number of aromatic nitrogens is 1. The minimum atomic E-state index is -4.32. The summed E-state index contributed by atoms with van der Waals surface area (Å²) in [4.78, 5) is 6.33. The highest BCUT2D eigenvalue weighted by molar-refractivity contribution is 5.66. The van der Waals surface area contributed by atoms with Gasteiger partial charge in [-0.25, -0.2) is 0 Å². The van der Waals surface area contributed by atoms with Gasteiger partial charge >= 0.3 is 6.18 Å². The number of aryl methyl sites for hydroxylation is 1. The van der Waals surface area contributed by atoms with E-state index >= 15 is 0 Å². The number of hydrogen-bond donors (Lipinski definition) is 1. The Morgan fingerprint density at radius 2 is 1.75 bits per heavy atom. The van der Waals surface area contributed by atoms with Gasteiger partial charge in [0.05, 0.1) is 17.4 Å². The molecule has 2 aromatic rings. The molecule has 128 valence electrons. The molecular formula is C18H20F3N3. The minimum absolute atomic E-state index is 0.242. The molecule has 1 aromatic heterocycles. The van der Waals surface area contributed by atoms with E-state index in [9.17, 15) is 13.2 Å². The highest BCUT2D eigenvalue weighted by Gasteiger charge is 2.31. The normalized spacial score (nSPS) is 16.2. The number of halogens is 3. The average molecular weight is 335 g/mol. The molecule has 0 aliphatic carbocycles. The van der Waals surface area contributed by atoms with Crippen molar-refractivity contribution in [1.29, 1.82) is 0 Å². The number of pyridine rings is 1. The van der Waals surface area contributed by atoms with Crippen LogP contribution in [0.4, 0.5) is 24.5 Å². The third-order valence-electron chi connectivity index (χ3n) is 4.42. The summed E-state index contributed by atoms with van der Waals surface area (Å²) in [6.45, 7) is 3.80. The van der Waals surface area contributed by atoms with Crippen LogP contribution < -0.4 is 10.2 Å². The molecule has 0 saturated carbocycles. The fraction of sp³-hybridized carbons (Fsp3) is 0.389. The van der Waals surface area contributed by atoms with E-state index in [0.717, 1.165) is 55.0 Å². The number of alkyl halides is 3. The van der Waals surface area contributed by atoms with Gasteiger partial charge in [0.1, 0.15) is 0 Å². The molecule has 1 aliphatic heterocycles. The Labute approximate surface area is 139 Å². The Morgan fingerprint density at radius 1 is 1.08 bits per heavy atom. The molecule has 24 heavy (non-hydrogen) atoms. The standard InChI is InChI=1S/C18H20F3N3/c1-13-6-9-23-12-17(13)24(16-7-10-22-11-8-16)15-4-2-14(3-5-15)18(19,20)21/h2-6,9,12,16,22H,7-8,10-11H2,1H3. The summed E-state index contributed by atoms with van der Waals surface area (Å²) < 4.78 is 38.5. The summed E-state index contributed by atoms with van der Waals surface area (Å²) in [6, 6.07) is 7.57. The number of nitrogens with zero attached hydrogens (tertiary/aromatic N) is 2. The molecule has 0 bridgehead atoms. The molecule has 1 aromatic carbocycles. The van der Waals surface area contributed by atoms with Crippen molar-refractivity contribution < 1.29 is 13.2 Å². The first kappa shape index (κ1) is 16.8. The smallest absolute Gasteiger partial charge is 0.337 e. The first-order chi connectivity index (χ1) is 11.5. The largest absolute Gasteiger partial charge is 0.416 e. The fourth-order valence-corrected chi connectivity index (χ4v) is 3.13. The van der Waals surface area contributed by atoms with E-state index in [1.807, 2.05) is 13.0 Å². The number of anilines is 2. The van der Waals surface area contributed by atoms with Gasteiger partial charge in [-0.1, -0.05) is 0 Å². The Morgan fingerprint density at radius 3 is 2.33 bits per heavy atom. The van der Waals surface area contributed by atoms with Crippen LogP contribution in [0.1, 0.15) is 24.0 Å². The van der Waals surface area contributed by atoms with E-state index in [0.29, 0.717) is 0 Å². The predicted octanol–water partition coefficient (Wildman–Crippen LogP) is 4.30. The quantitative estimate of drug-likeness (QED) is 0.906. The van der Waals surface area contributed by atoms with E-state index in [1.165, 1.54) is 0 Å². The van der Waals surface area contributed by atoms with Crippen LogP contribution in [-0.2, 0) is 6.18 Å². The monoisotopic (exact) mass is 335 g/mol. The zero-order valence-electron chi connectivity index (χ0n) is 13.5. The van der Waals surface area contributed by atoms with Crippen molar-refractivity contribution >= 4 is 11.4 Å². The SMILES string of the molecule is Cc1ccncc1N(c1ccc(C(F)(F)F)cc1)C1CCNCC1. The molecular weight excluding hydrogens is 315 g/mol. The molecule has 1 fully saturated rings. The zero-order chi connectivity index (χ0) is 17.2. The van der Waals surface area contributed by atoms with Crippen LogP contribution in [0.5, 0.6) is 0 Å². The van der Waals surface area contributed by atoms with Gasteiger partial charge in [-0.15, -0.1) is 0 Å². The van der Waals surface area contributed by atoms with Gasteiger partial charge in [-0.05, 0) is 68.8 Å². The first-order valence-corrected chi connectivity index (χ1v) is 8.04. The van der Waals surface area contributed by atoms with Gasteiger partial charge < -0.3 is 10.2 Å². The number of benzene rings is 1. The maximum atomic E-state index is 12.8. The molecule has 1 saturated heterocycles. The number of piperidine rings is 1. The summed E-state index contributed by atoms with van der Waals surface area (Å²) in [7, 11) is 0. The van der Waals surface area contributed by atoms with Gasteiger partial charge in [0.2, 0.25) is 0 Å². The summed E-state index contributed by atoms with van der Waals surface area (Å²) in [5.41, 5.74) is 2.15. The molecule has 6 heteroatoms. The molecule has 0 atom stereocenters. The second-order valence-electron chi connectivity index (χ2n) is 6.06. The Balaban J connectivity index is 1.99. The number of rotatable bonds is 3. The highest BCUT2D eigenvalue weighted by atomic mass is 19.4. The van der Waals surface area contributed by atoms with Crippen molar-refractivity contribution in [2.24, 2.45) is 0 Å². The summed E-state index contributed by atoms with van der Waals surface area (Å²) in [5.74, 6) is 0. The lowest BCUT2D eigenvalue weighted by molar-refractivity contribution is -0.137. The number of nitrogens with one attached hydrogen (secondary N) is 1. The van der Waals surface area contributed by atoms with Crippen LogP contribution in [0.2, 0.25) is 0 Å². The Hall–Kier alpha value is -2.08. The van der Waals surface area contributed by atoms with E-state index in [1.54, 1.807) is 24.5 Å². The highest BCUT2D eigenvalue weighted by Crippen LogP contribution is 2.35. The molecule has 1 N–H and O–H groups in total. The average Bonchev–Trinajstić information content (AvgIpc) is 2.58. The van der Waals surface area contributed by atoms with Gasteiger partial charge in [0.25, 0.3) is 0 Å². The Bertz CT molecular complexity index is 677. The van der Waals surface area contributed by atoms with Crippen LogP contribution in [0.3, 0.4) is 0 Å². The van der Waals surface area contributed by atoms with Crippen molar-refractivity contribution in [1.82, 2.24) is 10.3 Å². The lowest BCUT2D eigenvalue weighted by atomic mass is 10.0. The molecule has 0 spiro atoms. The van der Waals surface area contributed by atoms with Crippen molar-refractivity contribution in [3.05, 3.63) is 53.9 Å². The molecule has 0 unspecified atom stereocenters. The third-order valence-corrected chi connectivity index (χ3v) is 4.42. The number of hydrogen-bond acceptors (Lipinski definition) is 3. The van der Waals surface area contributed by atoms with Crippen LogP contribution in [-0.4, -0.2) is 24.1 Å². The van der Waals surface area contributed by atoms with Crippen LogP contribution in [0.25, 0.3) is 0 Å². The van der Waals surface area contributed by atoms with E-state index in [-0.39, 0.29) is 6.04 Å². The summed E-state index contributed by atoms with van der Waals surface area (Å²) in [6.07, 6.45) is 1.08. The van der Waals surface area contributed by atoms with Gasteiger partial charge in [-0.3, -0.25) is 4.98 Å². The van der Waals surface area contributed by atoms with Crippen LogP contribution in [0.15, 0.2) is 42.7 Å². The fourth-order valence-electron chi connectivity index (χ4n) is 3.13. The topological polar surface area (TPSA) is 28.2 Å². The molecule has 3 nitrogen and oxygen atoms in total. The van der Waals surface area contributed by atoms with E-state index in [4.69, 9.17) is 0 Å². The molecule has 3 rings (SSSR count). The minimum Gasteiger partial charge on any atom is -0.337 e. The van der Waals surface area contributed by atoms with Crippen molar-refractivity contribution in [3.63, 3.8) is 0 Å². The van der Waals surface area contributed by atoms with E-state index in [2.05, 4.69) is 15.2 Å². The Kier molecular flexibility index (Phi) is 4.76. The van der Waals surface area contributed by atoms with Crippen LogP contribution in [0, 0.1) is 6.92 Å². The lowest BCUT2D eigenvalue weighted by Crippen LogP contribution is -2.41. The summed E-state index contributed by atoms with van der Waals surface area (Å²) >= 11 is 0. The maximum Gasteiger partial charge on any atom is 0.416 e. The first-order valence-electron chi connectivity index (χ1n) is 8.04. The van der Waals surface area contributed by atoms with Crippen molar-refractivity contribution in [3.8, 4) is 0 Å². The predicted molar refractivity (Wildman–Crippen MR) is 88.4 cm³/mol. The van der Waals surface area contributed by atoms with Crippen LogP contribution >= 0.6 is 0 Å². The summed E-state index contributed by atoms with van der Waals surface area (Å²) in [5, 5.41) is 3.33. The second-order valence-corrected chi connectivity index (χ2v) is 6.06. The van der Waals surface area contributed by atoms with Gasteiger partial charge in [-0.2, -0.15) is 13.2 Å². The zero-order valence-corrected chi connectivity index (χ0v) is 13.5. The third kappa shape index (κ3) is 3.53. The lowest BCUT2D eigenvalue weighted by Gasteiger charge is -2.37. The van der Waals surface area contributed by atoms with E-state index < -0.39 is 11.7 Å². The molecule has 0 radical (unpaired) electrons. The van der Waals surface area contributed by atoms with Gasteiger partial charge in [0, 0.05) is 17.9 Å². The molecule has 0 amide bonds. The second kappa shape index (κ2) is 6.81. The molecule has 1 aliphatic rings. The van der Waals surface area contributed by atoms with Gasteiger partial charge in [0.15, 0.2) is 0 Å². The van der Waals surface area contributed by atoms with Crippen molar-refractivity contribution in [2.45, 2.75) is 32.0 Å². The molecule has 2 heterocycles.